The number of aliphatic carboxylic acids is 1. The molecule has 0 aliphatic heterocycles. The van der Waals surface area contributed by atoms with Gasteiger partial charge in [0.05, 0.1) is 0 Å². The van der Waals surface area contributed by atoms with Crippen molar-refractivity contribution in [2.75, 3.05) is 18.1 Å². The molecule has 53 heavy (non-hydrogen) atoms. The zero-order chi connectivity index (χ0) is 39.0. The van der Waals surface area contributed by atoms with Crippen LogP contribution in [0.3, 0.4) is 0 Å². The number of carboxylic acids is 1. The summed E-state index contributed by atoms with van der Waals surface area (Å²) in [6, 6.07) is 0. The third-order valence-corrected chi connectivity index (χ3v) is 17.0. The Labute approximate surface area is 325 Å². The number of hydrogen-bond acceptors (Lipinski definition) is 5. The fourth-order valence-electron chi connectivity index (χ4n) is 12.5. The number of fused-ring (bicyclic) bond motifs is 7. The maximum Gasteiger partial charge on any atom is 0.331 e. The van der Waals surface area contributed by atoms with E-state index in [9.17, 15) is 14.4 Å². The van der Waals surface area contributed by atoms with Crippen LogP contribution in [0.25, 0.3) is 0 Å². The molecule has 5 rings (SSSR count). The second kappa shape index (κ2) is 15.7. The first kappa shape index (κ1) is 41.9. The van der Waals surface area contributed by atoms with Gasteiger partial charge in [0.25, 0.3) is 0 Å². The van der Waals surface area contributed by atoms with Gasteiger partial charge in [-0.1, -0.05) is 83.4 Å². The highest BCUT2D eigenvalue weighted by atomic mass is 32.2. The summed E-state index contributed by atoms with van der Waals surface area (Å²) in [7, 11) is 0. The highest BCUT2D eigenvalue weighted by Crippen LogP contribution is 2.75. The lowest BCUT2D eigenvalue weighted by Crippen LogP contribution is -2.64. The minimum atomic E-state index is -1.14. The smallest absolute Gasteiger partial charge is 0.331 e. The lowest BCUT2D eigenvalue weighted by molar-refractivity contribution is -0.211. The van der Waals surface area contributed by atoms with Crippen molar-refractivity contribution in [2.45, 2.75) is 152 Å². The summed E-state index contributed by atoms with van der Waals surface area (Å²) in [4.78, 5) is 37.5. The van der Waals surface area contributed by atoms with Gasteiger partial charge < -0.3 is 15.2 Å². The lowest BCUT2D eigenvalue weighted by Gasteiger charge is -2.71. The maximum absolute atomic E-state index is 13.9. The van der Waals surface area contributed by atoms with Gasteiger partial charge in [0, 0.05) is 41.0 Å². The van der Waals surface area contributed by atoms with Gasteiger partial charge in [0.2, 0.25) is 5.91 Å². The van der Waals surface area contributed by atoms with E-state index < -0.39 is 11.9 Å². The van der Waals surface area contributed by atoms with Crippen LogP contribution in [0.2, 0.25) is 0 Å². The topological polar surface area (TPSA) is 92.7 Å². The molecule has 0 saturated heterocycles. The van der Waals surface area contributed by atoms with Crippen LogP contribution in [0.5, 0.6) is 0 Å². The van der Waals surface area contributed by atoms with Gasteiger partial charge in [-0.15, -0.1) is 0 Å². The number of ether oxygens (including phenoxy) is 1. The molecule has 1 unspecified atom stereocenters. The van der Waals surface area contributed by atoms with E-state index >= 15 is 0 Å². The van der Waals surface area contributed by atoms with Gasteiger partial charge in [-0.3, -0.25) is 4.79 Å². The monoisotopic (exact) mass is 750 g/mol. The molecule has 0 spiro atoms. The molecule has 1 amide bonds. The van der Waals surface area contributed by atoms with Crippen molar-refractivity contribution in [1.29, 1.82) is 0 Å². The molecule has 4 saturated carbocycles. The van der Waals surface area contributed by atoms with Crippen molar-refractivity contribution in [3.8, 4) is 0 Å². The third-order valence-electron chi connectivity index (χ3n) is 16.1. The van der Waals surface area contributed by atoms with E-state index in [4.69, 9.17) is 9.84 Å². The highest BCUT2D eigenvalue weighted by molar-refractivity contribution is 7.99. The molecule has 7 heteroatoms. The van der Waals surface area contributed by atoms with Crippen molar-refractivity contribution >= 4 is 29.6 Å². The third kappa shape index (κ3) is 8.03. The molecular formula is C46H71NO5S. The standard InChI is InChI=1S/C46H71NO5S/c1-31(2)12-11-13-32(3)20-28-53-29-27-47-40(51)43(7)24-23-42(6)25-26-45(9)33(34(42)30-43)14-15-36-44(8)21-19-37(52-39(50)17-16-38(48)49)41(4,5)35(44)18-22-46(36,45)10/h12,14,16-17,20,34-37H,11,13,15,18-19,21-30H2,1-10H3,(H,47,51)(H,48,49)/b17-16-,32-20?/t34-,35+,36+,37-,42+,43?,44-,45+,46+/m0/s1. The first-order chi connectivity index (χ1) is 24.7. The van der Waals surface area contributed by atoms with E-state index in [1.54, 1.807) is 5.57 Å². The molecule has 0 heterocycles. The van der Waals surface area contributed by atoms with Crippen LogP contribution >= 0.6 is 11.8 Å². The number of carbonyl (C=O) groups excluding carboxylic acids is 2. The Bertz CT molecular complexity index is 1540. The van der Waals surface area contributed by atoms with E-state index in [0.717, 1.165) is 94.4 Å². The van der Waals surface area contributed by atoms with Crippen LogP contribution in [-0.4, -0.2) is 47.1 Å². The molecule has 0 bridgehead atoms. The number of carboxylic acid groups (broad SMARTS) is 1. The normalized spacial score (nSPS) is 39.1. The van der Waals surface area contributed by atoms with E-state index in [1.165, 1.54) is 24.0 Å². The molecule has 6 nitrogen and oxygen atoms in total. The molecule has 0 aromatic rings. The van der Waals surface area contributed by atoms with Gasteiger partial charge >= 0.3 is 11.9 Å². The molecule has 5 aliphatic rings. The summed E-state index contributed by atoms with van der Waals surface area (Å²) in [6.07, 6.45) is 21.8. The van der Waals surface area contributed by atoms with Gasteiger partial charge in [0.1, 0.15) is 6.10 Å². The summed E-state index contributed by atoms with van der Waals surface area (Å²) in [5.74, 6) is 1.83. The van der Waals surface area contributed by atoms with Crippen LogP contribution in [0.1, 0.15) is 146 Å². The van der Waals surface area contributed by atoms with Crippen LogP contribution in [-0.2, 0) is 19.1 Å². The number of thioether (sulfide) groups is 1. The van der Waals surface area contributed by atoms with Gasteiger partial charge in [-0.2, -0.15) is 11.8 Å². The van der Waals surface area contributed by atoms with Crippen LogP contribution < -0.4 is 5.32 Å². The molecule has 296 valence electrons. The van der Waals surface area contributed by atoms with Gasteiger partial charge in [-0.05, 0) is 137 Å². The van der Waals surface area contributed by atoms with Crippen molar-refractivity contribution in [3.05, 3.63) is 47.1 Å². The summed E-state index contributed by atoms with van der Waals surface area (Å²) in [6.45, 7) is 24.3. The Hall–Kier alpha value is -2.28. The van der Waals surface area contributed by atoms with Crippen molar-refractivity contribution in [3.63, 3.8) is 0 Å². The van der Waals surface area contributed by atoms with E-state index in [0.29, 0.717) is 17.8 Å². The van der Waals surface area contributed by atoms with Crippen LogP contribution in [0.15, 0.2) is 47.1 Å². The summed E-state index contributed by atoms with van der Waals surface area (Å²) >= 11 is 1.90. The second-order valence-corrected chi connectivity index (χ2v) is 21.1. The number of rotatable bonds is 12. The Balaban J connectivity index is 1.26. The fourth-order valence-corrected chi connectivity index (χ4v) is 13.3. The first-order valence-electron chi connectivity index (χ1n) is 20.7. The van der Waals surface area contributed by atoms with Crippen LogP contribution in [0.4, 0.5) is 0 Å². The van der Waals surface area contributed by atoms with Gasteiger partial charge in [-0.25, -0.2) is 9.59 Å². The zero-order valence-electron chi connectivity index (χ0n) is 34.8. The minimum Gasteiger partial charge on any atom is -0.478 e. The highest BCUT2D eigenvalue weighted by Gasteiger charge is 2.68. The van der Waals surface area contributed by atoms with Crippen molar-refractivity contribution in [1.82, 2.24) is 5.32 Å². The second-order valence-electron chi connectivity index (χ2n) is 19.9. The molecule has 5 aliphatic carbocycles. The Morgan fingerprint density at radius 3 is 2.32 bits per heavy atom. The number of allylic oxidation sites excluding steroid dienone is 5. The predicted molar refractivity (Wildman–Crippen MR) is 218 cm³/mol. The number of nitrogens with one attached hydrogen (secondary N) is 1. The Morgan fingerprint density at radius 1 is 0.906 bits per heavy atom. The summed E-state index contributed by atoms with van der Waals surface area (Å²) < 4.78 is 5.96. The average molecular weight is 750 g/mol. The van der Waals surface area contributed by atoms with Crippen LogP contribution in [0, 0.1) is 50.2 Å². The van der Waals surface area contributed by atoms with E-state index in [-0.39, 0.29) is 44.5 Å². The average Bonchev–Trinajstić information content (AvgIpc) is 3.07. The zero-order valence-corrected chi connectivity index (χ0v) is 35.6. The fraction of sp³-hybridized carbons (Fsp3) is 0.761. The Kier molecular flexibility index (Phi) is 12.4. The number of amides is 1. The quantitative estimate of drug-likeness (QED) is 0.0893. The van der Waals surface area contributed by atoms with Crippen molar-refractivity contribution < 1.29 is 24.2 Å². The van der Waals surface area contributed by atoms with Gasteiger partial charge in [0.15, 0.2) is 0 Å². The van der Waals surface area contributed by atoms with Crippen molar-refractivity contribution in [2.24, 2.45) is 50.2 Å². The maximum atomic E-state index is 13.9. The lowest BCUT2D eigenvalue weighted by atomic mass is 9.33. The molecule has 0 aromatic heterocycles. The molecule has 2 N–H and O–H groups in total. The molecule has 0 aromatic carbocycles. The SMILES string of the molecule is CC(C)=CCCC(C)=CCSCCNC(=O)C1(C)CC[C@]2(C)CC[C@]3(C)C(=CC[C@@H]4[C@@]5(C)CC[C@H](OC(=O)/C=C\C(=O)O)C(C)(C)[C@H]5CC[C@]43C)[C@@H]2C1. The summed E-state index contributed by atoms with van der Waals surface area (Å²) in [5, 5.41) is 12.4. The molecule has 9 atom stereocenters. The van der Waals surface area contributed by atoms with E-state index in [1.807, 2.05) is 11.8 Å². The molecule has 0 radical (unpaired) electrons. The minimum absolute atomic E-state index is 0.0891. The molecular weight excluding hydrogens is 679 g/mol. The number of hydrogen-bond donors (Lipinski definition) is 2. The number of carbonyl (C=O) groups is 3. The molecule has 4 fully saturated rings. The predicted octanol–water partition coefficient (Wildman–Crippen LogP) is 10.9. The summed E-state index contributed by atoms with van der Waals surface area (Å²) in [5.41, 5.74) is 4.50. The first-order valence-corrected chi connectivity index (χ1v) is 21.8. The largest absolute Gasteiger partial charge is 0.478 e. The van der Waals surface area contributed by atoms with E-state index in [2.05, 4.69) is 92.8 Å². The number of esters is 1. The Morgan fingerprint density at radius 2 is 1.62 bits per heavy atom.